The Balaban J connectivity index is 1.61. The quantitative estimate of drug-likeness (QED) is 0.249. The summed E-state index contributed by atoms with van der Waals surface area (Å²) in [5, 5.41) is 6.19. The highest BCUT2D eigenvalue weighted by Gasteiger charge is 2.15. The molecular formula is C20H34N4O4S. The predicted octanol–water partition coefficient (Wildman–Crippen LogP) is 1.25. The third-order valence-corrected chi connectivity index (χ3v) is 5.72. The molecule has 8 nitrogen and oxygen atoms in total. The second-order valence-corrected chi connectivity index (χ2v) is 8.80. The van der Waals surface area contributed by atoms with Crippen LogP contribution in [0.15, 0.2) is 35.3 Å². The van der Waals surface area contributed by atoms with Crippen molar-refractivity contribution in [3.63, 3.8) is 0 Å². The largest absolute Gasteiger partial charge is 0.379 e. The van der Waals surface area contributed by atoms with Crippen LogP contribution in [0.3, 0.4) is 0 Å². The number of benzene rings is 1. The lowest BCUT2D eigenvalue weighted by atomic mass is 10.2. The van der Waals surface area contributed by atoms with E-state index in [-0.39, 0.29) is 18.4 Å². The van der Waals surface area contributed by atoms with Crippen LogP contribution in [0.25, 0.3) is 0 Å². The highest BCUT2D eigenvalue weighted by Crippen LogP contribution is 2.11. The van der Waals surface area contributed by atoms with Gasteiger partial charge in [0.15, 0.2) is 5.96 Å². The molecule has 0 amide bonds. The minimum atomic E-state index is -3.36. The van der Waals surface area contributed by atoms with Gasteiger partial charge in [0.05, 0.1) is 18.5 Å². The lowest BCUT2D eigenvalue weighted by Gasteiger charge is -2.12. The molecule has 0 aliphatic carbocycles. The topological polar surface area (TPSA) is 101 Å². The normalized spacial score (nSPS) is 17.4. The minimum absolute atomic E-state index is 0.0191. The van der Waals surface area contributed by atoms with Crippen LogP contribution in [-0.2, 0) is 26.0 Å². The summed E-state index contributed by atoms with van der Waals surface area (Å²) < 4.78 is 38.1. The van der Waals surface area contributed by atoms with Crippen molar-refractivity contribution < 1.29 is 17.9 Å². The van der Waals surface area contributed by atoms with Gasteiger partial charge in [-0.3, -0.25) is 4.99 Å². The summed E-state index contributed by atoms with van der Waals surface area (Å²) >= 11 is 0. The number of nitrogens with zero attached hydrogens (tertiary/aromatic N) is 1. The highest BCUT2D eigenvalue weighted by atomic mass is 32.2. The Bertz CT molecular complexity index is 692. The van der Waals surface area contributed by atoms with Crippen molar-refractivity contribution in [2.75, 3.05) is 45.2 Å². The van der Waals surface area contributed by atoms with E-state index in [0.29, 0.717) is 38.8 Å². The molecule has 1 atom stereocenters. The molecule has 1 unspecified atom stereocenters. The van der Waals surface area contributed by atoms with Gasteiger partial charge in [-0.15, -0.1) is 0 Å². The van der Waals surface area contributed by atoms with E-state index in [0.717, 1.165) is 31.4 Å². The van der Waals surface area contributed by atoms with Gasteiger partial charge >= 0.3 is 0 Å². The van der Waals surface area contributed by atoms with Crippen LogP contribution in [0.2, 0.25) is 0 Å². The molecule has 1 aliphatic heterocycles. The summed E-state index contributed by atoms with van der Waals surface area (Å²) in [5.41, 5.74) is 0.931. The number of guanidine groups is 1. The maximum atomic E-state index is 12.1. The molecule has 0 saturated carbocycles. The lowest BCUT2D eigenvalue weighted by Crippen LogP contribution is -2.41. The van der Waals surface area contributed by atoms with Crippen molar-refractivity contribution in [3.8, 4) is 0 Å². The van der Waals surface area contributed by atoms with E-state index in [4.69, 9.17) is 9.47 Å². The standard InChI is InChI=1S/C20H34N4O4S/c1-2-21-20(22-11-7-13-27-17-19-10-6-14-28-19)23-12-15-29(25,26)24-16-18-8-4-3-5-9-18/h3-5,8-9,19,24H,2,6-7,10-17H2,1H3,(H2,21,22,23). The van der Waals surface area contributed by atoms with E-state index in [1.807, 2.05) is 37.3 Å². The van der Waals surface area contributed by atoms with Crippen molar-refractivity contribution in [3.05, 3.63) is 35.9 Å². The highest BCUT2D eigenvalue weighted by molar-refractivity contribution is 7.89. The van der Waals surface area contributed by atoms with Gasteiger partial charge in [-0.2, -0.15) is 0 Å². The Morgan fingerprint density at radius 3 is 2.83 bits per heavy atom. The fourth-order valence-corrected chi connectivity index (χ4v) is 3.76. The number of aliphatic imine (C=N–C) groups is 1. The SMILES string of the molecule is CCNC(=NCCCOCC1CCCO1)NCCS(=O)(=O)NCc1ccccc1. The summed E-state index contributed by atoms with van der Waals surface area (Å²) in [5.74, 6) is 0.597. The van der Waals surface area contributed by atoms with E-state index < -0.39 is 10.0 Å². The Kier molecular flexibility index (Phi) is 11.0. The summed E-state index contributed by atoms with van der Waals surface area (Å²) in [6, 6.07) is 9.46. The first kappa shape index (κ1) is 23.6. The Morgan fingerprint density at radius 2 is 2.10 bits per heavy atom. The predicted molar refractivity (Wildman–Crippen MR) is 115 cm³/mol. The molecule has 164 valence electrons. The molecule has 1 fully saturated rings. The molecule has 0 aromatic heterocycles. The number of rotatable bonds is 13. The monoisotopic (exact) mass is 426 g/mol. The van der Waals surface area contributed by atoms with Gasteiger partial charge in [-0.1, -0.05) is 30.3 Å². The first-order chi connectivity index (χ1) is 14.1. The van der Waals surface area contributed by atoms with E-state index in [9.17, 15) is 8.42 Å². The number of sulfonamides is 1. The molecule has 1 aliphatic rings. The van der Waals surface area contributed by atoms with E-state index in [1.165, 1.54) is 0 Å². The molecule has 3 N–H and O–H groups in total. The molecule has 0 bridgehead atoms. The molecule has 1 heterocycles. The summed E-state index contributed by atoms with van der Waals surface area (Å²) in [6.07, 6.45) is 3.25. The van der Waals surface area contributed by atoms with Crippen LogP contribution in [0.4, 0.5) is 0 Å². The van der Waals surface area contributed by atoms with Crippen molar-refractivity contribution in [1.29, 1.82) is 0 Å². The Hall–Kier alpha value is -1.68. The number of hydrogen-bond acceptors (Lipinski definition) is 5. The second kappa shape index (κ2) is 13.5. The van der Waals surface area contributed by atoms with Crippen molar-refractivity contribution >= 4 is 16.0 Å². The number of ether oxygens (including phenoxy) is 2. The Morgan fingerprint density at radius 1 is 1.28 bits per heavy atom. The first-order valence-corrected chi connectivity index (χ1v) is 12.0. The average molecular weight is 427 g/mol. The molecule has 9 heteroatoms. The first-order valence-electron chi connectivity index (χ1n) is 10.3. The molecule has 29 heavy (non-hydrogen) atoms. The van der Waals surface area contributed by atoms with Crippen molar-refractivity contribution in [1.82, 2.24) is 15.4 Å². The molecule has 0 radical (unpaired) electrons. The fourth-order valence-electron chi connectivity index (χ4n) is 2.85. The molecule has 0 spiro atoms. The third-order valence-electron chi connectivity index (χ3n) is 4.39. The van der Waals surface area contributed by atoms with Crippen LogP contribution in [-0.4, -0.2) is 65.7 Å². The molecule has 1 aromatic carbocycles. The third kappa shape index (κ3) is 10.6. The zero-order valence-corrected chi connectivity index (χ0v) is 18.0. The van der Waals surface area contributed by atoms with Gasteiger partial charge in [0.25, 0.3) is 0 Å². The van der Waals surface area contributed by atoms with Gasteiger partial charge in [0.1, 0.15) is 0 Å². The molecular weight excluding hydrogens is 392 g/mol. The van der Waals surface area contributed by atoms with Gasteiger partial charge < -0.3 is 20.1 Å². The van der Waals surface area contributed by atoms with E-state index >= 15 is 0 Å². The zero-order valence-electron chi connectivity index (χ0n) is 17.2. The van der Waals surface area contributed by atoms with Gasteiger partial charge in [-0.25, -0.2) is 13.1 Å². The maximum absolute atomic E-state index is 12.1. The number of nitrogens with one attached hydrogen (secondary N) is 3. The summed E-state index contributed by atoms with van der Waals surface area (Å²) in [7, 11) is -3.36. The van der Waals surface area contributed by atoms with Gasteiger partial charge in [0, 0.05) is 39.4 Å². The molecule has 2 rings (SSSR count). The fraction of sp³-hybridized carbons (Fsp3) is 0.650. The van der Waals surface area contributed by atoms with Crippen LogP contribution < -0.4 is 15.4 Å². The van der Waals surface area contributed by atoms with Crippen LogP contribution in [0.1, 0.15) is 31.7 Å². The Labute approximate surface area is 174 Å². The van der Waals surface area contributed by atoms with Gasteiger partial charge in [-0.05, 0) is 31.7 Å². The average Bonchev–Trinajstić information content (AvgIpc) is 3.23. The minimum Gasteiger partial charge on any atom is -0.379 e. The van der Waals surface area contributed by atoms with Crippen molar-refractivity contribution in [2.24, 2.45) is 4.99 Å². The van der Waals surface area contributed by atoms with Gasteiger partial charge in [0.2, 0.25) is 10.0 Å². The summed E-state index contributed by atoms with van der Waals surface area (Å²) in [6.45, 7) is 6.00. The number of hydrogen-bond donors (Lipinski definition) is 3. The summed E-state index contributed by atoms with van der Waals surface area (Å²) in [4.78, 5) is 4.46. The van der Waals surface area contributed by atoms with Crippen molar-refractivity contribution in [2.45, 2.75) is 38.8 Å². The van der Waals surface area contributed by atoms with Crippen LogP contribution in [0, 0.1) is 0 Å². The smallest absolute Gasteiger partial charge is 0.213 e. The van der Waals surface area contributed by atoms with E-state index in [2.05, 4.69) is 20.3 Å². The van der Waals surface area contributed by atoms with E-state index in [1.54, 1.807) is 0 Å². The zero-order chi connectivity index (χ0) is 20.8. The van der Waals surface area contributed by atoms with Crippen LogP contribution in [0.5, 0.6) is 0 Å². The lowest BCUT2D eigenvalue weighted by molar-refractivity contribution is 0.0171. The molecule has 1 aromatic rings. The second-order valence-electron chi connectivity index (χ2n) is 6.88. The van der Waals surface area contributed by atoms with Crippen LogP contribution >= 0.6 is 0 Å². The maximum Gasteiger partial charge on any atom is 0.213 e. The molecule has 1 saturated heterocycles.